The fourth-order valence-electron chi connectivity index (χ4n) is 2.43. The van der Waals surface area contributed by atoms with E-state index in [0.29, 0.717) is 24.2 Å². The molecule has 0 aliphatic rings. The number of pyridine rings is 1. The molecule has 2 heterocycles. The molecule has 1 aromatic carbocycles. The normalized spacial score (nSPS) is 10.6. The van der Waals surface area contributed by atoms with Crippen molar-refractivity contribution in [2.45, 2.75) is 13.3 Å². The lowest BCUT2D eigenvalue weighted by Crippen LogP contribution is -2.26. The quantitative estimate of drug-likeness (QED) is 0.755. The highest BCUT2D eigenvalue weighted by Gasteiger charge is 2.11. The first-order valence-electron chi connectivity index (χ1n) is 7.67. The number of aromatic nitrogens is 1. The summed E-state index contributed by atoms with van der Waals surface area (Å²) >= 11 is 1.62. The molecule has 24 heavy (non-hydrogen) atoms. The summed E-state index contributed by atoms with van der Waals surface area (Å²) in [5.41, 5.74) is 3.15. The molecule has 0 bridgehead atoms. The van der Waals surface area contributed by atoms with Gasteiger partial charge in [-0.1, -0.05) is 18.2 Å². The number of hydrogen-bond acceptors (Lipinski definition) is 3. The van der Waals surface area contributed by atoms with Gasteiger partial charge < -0.3 is 5.32 Å². The van der Waals surface area contributed by atoms with Crippen molar-refractivity contribution in [3.63, 3.8) is 0 Å². The molecule has 0 radical (unpaired) electrons. The first-order valence-corrected chi connectivity index (χ1v) is 8.55. The Labute approximate surface area is 144 Å². The summed E-state index contributed by atoms with van der Waals surface area (Å²) in [6.45, 7) is 2.34. The summed E-state index contributed by atoms with van der Waals surface area (Å²) in [7, 11) is 0. The molecule has 1 N–H and O–H groups in total. The predicted molar refractivity (Wildman–Crippen MR) is 94.7 cm³/mol. The Morgan fingerprint density at radius 2 is 1.96 bits per heavy atom. The number of halogens is 1. The van der Waals surface area contributed by atoms with E-state index in [9.17, 15) is 9.18 Å². The summed E-state index contributed by atoms with van der Waals surface area (Å²) in [6, 6.07) is 14.0. The van der Waals surface area contributed by atoms with Crippen molar-refractivity contribution in [3.8, 4) is 10.6 Å². The highest BCUT2D eigenvalue weighted by Crippen LogP contribution is 2.23. The van der Waals surface area contributed by atoms with Gasteiger partial charge in [-0.25, -0.2) is 4.39 Å². The summed E-state index contributed by atoms with van der Waals surface area (Å²) in [5, 5.41) is 4.89. The summed E-state index contributed by atoms with van der Waals surface area (Å²) in [6.07, 6.45) is 0.659. The third-order valence-corrected chi connectivity index (χ3v) is 4.61. The van der Waals surface area contributed by atoms with Crippen LogP contribution in [-0.2, 0) is 6.42 Å². The lowest BCUT2D eigenvalue weighted by atomic mass is 10.1. The van der Waals surface area contributed by atoms with Gasteiger partial charge in [0.05, 0.1) is 21.8 Å². The summed E-state index contributed by atoms with van der Waals surface area (Å²) in [5.74, 6) is -0.393. The van der Waals surface area contributed by atoms with Crippen LogP contribution in [0.5, 0.6) is 0 Å². The average Bonchev–Trinajstić information content (AvgIpc) is 3.11. The topological polar surface area (TPSA) is 42.0 Å². The second kappa shape index (κ2) is 7.36. The van der Waals surface area contributed by atoms with Gasteiger partial charge >= 0.3 is 0 Å². The van der Waals surface area contributed by atoms with Gasteiger partial charge in [0, 0.05) is 6.54 Å². The van der Waals surface area contributed by atoms with Gasteiger partial charge in [-0.05, 0) is 54.6 Å². The number of benzene rings is 1. The Morgan fingerprint density at radius 3 is 2.62 bits per heavy atom. The molecule has 0 aliphatic heterocycles. The first kappa shape index (κ1) is 16.3. The van der Waals surface area contributed by atoms with Crippen molar-refractivity contribution in [2.75, 3.05) is 6.54 Å². The molecule has 0 unspecified atom stereocenters. The molecule has 0 fully saturated rings. The van der Waals surface area contributed by atoms with E-state index in [1.54, 1.807) is 23.5 Å². The zero-order chi connectivity index (χ0) is 16.9. The van der Waals surface area contributed by atoms with Crippen LogP contribution in [0.25, 0.3) is 10.6 Å². The second-order valence-corrected chi connectivity index (χ2v) is 6.39. The fraction of sp³-hybridized carbons (Fsp3) is 0.158. The highest BCUT2D eigenvalue weighted by molar-refractivity contribution is 7.13. The standard InChI is InChI=1S/C19H17FN2OS/c1-13-16(8-9-17(22-13)18-3-2-12-24-18)19(23)21-11-10-14-4-6-15(20)7-5-14/h2-9,12H,10-11H2,1H3,(H,21,23). The largest absolute Gasteiger partial charge is 0.352 e. The van der Waals surface area contributed by atoms with Crippen molar-refractivity contribution in [3.05, 3.63) is 76.5 Å². The third kappa shape index (κ3) is 3.86. The van der Waals surface area contributed by atoms with Crippen LogP contribution in [0.4, 0.5) is 4.39 Å². The van der Waals surface area contributed by atoms with E-state index in [2.05, 4.69) is 10.3 Å². The number of carbonyl (C=O) groups excluding carboxylic acids is 1. The van der Waals surface area contributed by atoms with Gasteiger partial charge in [0.2, 0.25) is 0 Å². The van der Waals surface area contributed by atoms with Crippen LogP contribution in [0.3, 0.4) is 0 Å². The van der Waals surface area contributed by atoms with Gasteiger partial charge in [-0.3, -0.25) is 9.78 Å². The first-order chi connectivity index (χ1) is 11.6. The number of amides is 1. The Balaban J connectivity index is 1.61. The molecule has 0 atom stereocenters. The molecular formula is C19H17FN2OS. The molecule has 5 heteroatoms. The maximum absolute atomic E-state index is 12.9. The zero-order valence-corrected chi connectivity index (χ0v) is 14.1. The zero-order valence-electron chi connectivity index (χ0n) is 13.3. The molecule has 2 aromatic heterocycles. The number of thiophene rings is 1. The van der Waals surface area contributed by atoms with Crippen LogP contribution in [-0.4, -0.2) is 17.4 Å². The number of carbonyl (C=O) groups is 1. The molecule has 3 rings (SSSR count). The average molecular weight is 340 g/mol. The summed E-state index contributed by atoms with van der Waals surface area (Å²) in [4.78, 5) is 17.9. The van der Waals surface area contributed by atoms with E-state index in [0.717, 1.165) is 16.1 Å². The van der Waals surface area contributed by atoms with Gasteiger partial charge in [-0.15, -0.1) is 11.3 Å². The van der Waals surface area contributed by atoms with Crippen LogP contribution in [0, 0.1) is 12.7 Å². The van der Waals surface area contributed by atoms with Gasteiger partial charge in [0.1, 0.15) is 5.82 Å². The molecule has 0 aliphatic carbocycles. The van der Waals surface area contributed by atoms with Crippen molar-refractivity contribution in [1.29, 1.82) is 0 Å². The van der Waals surface area contributed by atoms with E-state index < -0.39 is 0 Å². The number of nitrogens with one attached hydrogen (secondary N) is 1. The van der Waals surface area contributed by atoms with Crippen LogP contribution in [0.1, 0.15) is 21.6 Å². The smallest absolute Gasteiger partial charge is 0.253 e. The Bertz CT molecular complexity index is 829. The van der Waals surface area contributed by atoms with E-state index in [-0.39, 0.29) is 11.7 Å². The number of aryl methyl sites for hydroxylation is 1. The lowest BCUT2D eigenvalue weighted by molar-refractivity contribution is 0.0953. The minimum atomic E-state index is -0.254. The molecule has 1 amide bonds. The van der Waals surface area contributed by atoms with Crippen LogP contribution >= 0.6 is 11.3 Å². The van der Waals surface area contributed by atoms with Crippen molar-refractivity contribution in [2.24, 2.45) is 0 Å². The fourth-order valence-corrected chi connectivity index (χ4v) is 3.12. The molecule has 0 saturated carbocycles. The Kier molecular flexibility index (Phi) is 5.01. The molecular weight excluding hydrogens is 323 g/mol. The maximum atomic E-state index is 12.9. The molecule has 3 aromatic rings. The van der Waals surface area contributed by atoms with E-state index in [1.807, 2.05) is 36.6 Å². The summed E-state index contributed by atoms with van der Waals surface area (Å²) < 4.78 is 12.9. The maximum Gasteiger partial charge on any atom is 0.253 e. The number of rotatable bonds is 5. The molecule has 0 spiro atoms. The highest BCUT2D eigenvalue weighted by atomic mass is 32.1. The van der Waals surface area contributed by atoms with Gasteiger partial charge in [-0.2, -0.15) is 0 Å². The minimum absolute atomic E-state index is 0.139. The minimum Gasteiger partial charge on any atom is -0.352 e. The third-order valence-electron chi connectivity index (χ3n) is 3.72. The van der Waals surface area contributed by atoms with Crippen LogP contribution in [0.15, 0.2) is 53.9 Å². The van der Waals surface area contributed by atoms with Crippen molar-refractivity contribution < 1.29 is 9.18 Å². The lowest BCUT2D eigenvalue weighted by Gasteiger charge is -2.08. The van der Waals surface area contributed by atoms with E-state index in [1.165, 1.54) is 12.1 Å². The predicted octanol–water partition coefficient (Wildman–Crippen LogP) is 4.23. The van der Waals surface area contributed by atoms with Crippen LogP contribution < -0.4 is 5.32 Å². The van der Waals surface area contributed by atoms with Gasteiger partial charge in [0.15, 0.2) is 0 Å². The molecule has 3 nitrogen and oxygen atoms in total. The second-order valence-electron chi connectivity index (χ2n) is 5.44. The van der Waals surface area contributed by atoms with E-state index in [4.69, 9.17) is 0 Å². The number of nitrogens with zero attached hydrogens (tertiary/aromatic N) is 1. The van der Waals surface area contributed by atoms with Crippen molar-refractivity contribution >= 4 is 17.2 Å². The Hall–Kier alpha value is -2.53. The Morgan fingerprint density at radius 1 is 1.17 bits per heavy atom. The monoisotopic (exact) mass is 340 g/mol. The SMILES string of the molecule is Cc1nc(-c2cccs2)ccc1C(=O)NCCc1ccc(F)cc1. The van der Waals surface area contributed by atoms with Crippen LogP contribution in [0.2, 0.25) is 0 Å². The van der Waals surface area contributed by atoms with E-state index >= 15 is 0 Å². The number of hydrogen-bond donors (Lipinski definition) is 1. The molecule has 0 saturated heterocycles. The van der Waals surface area contributed by atoms with Crippen molar-refractivity contribution in [1.82, 2.24) is 10.3 Å². The van der Waals surface area contributed by atoms with Gasteiger partial charge in [0.25, 0.3) is 5.91 Å². The molecule has 122 valence electrons.